The molecule has 0 atom stereocenters. The van der Waals surface area contributed by atoms with Gasteiger partial charge in [0, 0.05) is 0 Å². The lowest BCUT2D eigenvalue weighted by molar-refractivity contribution is 1.01. The van der Waals surface area contributed by atoms with Crippen LogP contribution in [0.3, 0.4) is 0 Å². The number of benzene rings is 1. The Balaban J connectivity index is 2.45. The summed E-state index contributed by atoms with van der Waals surface area (Å²) >= 11 is 0. The summed E-state index contributed by atoms with van der Waals surface area (Å²) in [6.07, 6.45) is 4.02. The van der Waals surface area contributed by atoms with Crippen LogP contribution in [0.5, 0.6) is 0 Å². The average Bonchev–Trinajstić information content (AvgIpc) is 2.87. The van der Waals surface area contributed by atoms with Crippen molar-refractivity contribution in [2.24, 2.45) is 0 Å². The first-order valence-electron chi connectivity index (χ1n) is 4.91. The highest BCUT2D eigenvalue weighted by molar-refractivity contribution is 5.39. The number of hydrogen-bond donors (Lipinski definition) is 0. The van der Waals surface area contributed by atoms with Gasteiger partial charge < -0.3 is 0 Å². The standard InChI is InChI=1S/C12H16/c1-3-10-6-4-5-9(2)12(10)11-7-8-11/h4-6,11H,3,7-8H2,1-2H3. The second-order valence-corrected chi connectivity index (χ2v) is 3.78. The molecule has 0 N–H and O–H groups in total. The molecule has 0 heterocycles. The molecule has 1 saturated carbocycles. The van der Waals surface area contributed by atoms with Gasteiger partial charge in [0.1, 0.15) is 0 Å². The Hall–Kier alpha value is -0.780. The lowest BCUT2D eigenvalue weighted by Crippen LogP contribution is -1.93. The Morgan fingerprint density at radius 1 is 1.33 bits per heavy atom. The summed E-state index contributed by atoms with van der Waals surface area (Å²) < 4.78 is 0. The van der Waals surface area contributed by atoms with Gasteiger partial charge in [0.25, 0.3) is 0 Å². The maximum absolute atomic E-state index is 2.28. The molecule has 0 radical (unpaired) electrons. The zero-order valence-corrected chi connectivity index (χ0v) is 7.93. The van der Waals surface area contributed by atoms with Crippen LogP contribution in [0.25, 0.3) is 0 Å². The third kappa shape index (κ3) is 1.26. The molecular formula is C12H16. The van der Waals surface area contributed by atoms with Crippen LogP contribution in [0.2, 0.25) is 0 Å². The van der Waals surface area contributed by atoms with Crippen molar-refractivity contribution in [3.05, 3.63) is 34.9 Å². The van der Waals surface area contributed by atoms with Gasteiger partial charge in [-0.15, -0.1) is 0 Å². The van der Waals surface area contributed by atoms with Crippen LogP contribution in [0.15, 0.2) is 18.2 Å². The van der Waals surface area contributed by atoms with Gasteiger partial charge in [-0.3, -0.25) is 0 Å². The van der Waals surface area contributed by atoms with Crippen molar-refractivity contribution in [2.45, 2.75) is 39.0 Å². The Morgan fingerprint density at radius 2 is 2.08 bits per heavy atom. The van der Waals surface area contributed by atoms with Crippen LogP contribution >= 0.6 is 0 Å². The second kappa shape index (κ2) is 2.93. The molecule has 12 heavy (non-hydrogen) atoms. The maximum atomic E-state index is 2.28. The fraction of sp³-hybridized carbons (Fsp3) is 0.500. The Morgan fingerprint density at radius 3 is 2.67 bits per heavy atom. The van der Waals surface area contributed by atoms with E-state index in [9.17, 15) is 0 Å². The first-order chi connectivity index (χ1) is 5.83. The Kier molecular flexibility index (Phi) is 1.92. The number of rotatable bonds is 2. The van der Waals surface area contributed by atoms with E-state index in [-0.39, 0.29) is 0 Å². The van der Waals surface area contributed by atoms with E-state index in [1.165, 1.54) is 24.8 Å². The van der Waals surface area contributed by atoms with Crippen molar-refractivity contribution >= 4 is 0 Å². The van der Waals surface area contributed by atoms with Crippen molar-refractivity contribution in [2.75, 3.05) is 0 Å². The first-order valence-corrected chi connectivity index (χ1v) is 4.91. The summed E-state index contributed by atoms with van der Waals surface area (Å²) in [5.74, 6) is 0.904. The fourth-order valence-corrected chi connectivity index (χ4v) is 2.01. The van der Waals surface area contributed by atoms with Crippen molar-refractivity contribution < 1.29 is 0 Å². The molecule has 0 spiro atoms. The molecule has 0 amide bonds. The highest BCUT2D eigenvalue weighted by atomic mass is 14.3. The topological polar surface area (TPSA) is 0 Å². The number of hydrogen-bond acceptors (Lipinski definition) is 0. The minimum atomic E-state index is 0.904. The zero-order chi connectivity index (χ0) is 8.55. The largest absolute Gasteiger partial charge is 0.0617 e. The first kappa shape index (κ1) is 7.85. The average molecular weight is 160 g/mol. The van der Waals surface area contributed by atoms with Crippen LogP contribution in [-0.2, 0) is 6.42 Å². The molecule has 1 aliphatic carbocycles. The molecule has 1 aromatic carbocycles. The summed E-state index contributed by atoms with van der Waals surface area (Å²) in [6.45, 7) is 4.49. The molecule has 0 aromatic heterocycles. The zero-order valence-electron chi connectivity index (χ0n) is 7.93. The minimum Gasteiger partial charge on any atom is -0.0617 e. The number of aryl methyl sites for hydroxylation is 2. The lowest BCUT2D eigenvalue weighted by Gasteiger charge is -2.09. The van der Waals surface area contributed by atoms with Gasteiger partial charge in [0.2, 0.25) is 0 Å². The van der Waals surface area contributed by atoms with Gasteiger partial charge in [0.15, 0.2) is 0 Å². The van der Waals surface area contributed by atoms with E-state index >= 15 is 0 Å². The summed E-state index contributed by atoms with van der Waals surface area (Å²) in [4.78, 5) is 0. The van der Waals surface area contributed by atoms with Crippen molar-refractivity contribution in [1.82, 2.24) is 0 Å². The van der Waals surface area contributed by atoms with E-state index in [2.05, 4.69) is 32.0 Å². The predicted molar refractivity (Wildman–Crippen MR) is 52.5 cm³/mol. The second-order valence-electron chi connectivity index (χ2n) is 3.78. The molecule has 0 heteroatoms. The predicted octanol–water partition coefficient (Wildman–Crippen LogP) is 3.43. The minimum absolute atomic E-state index is 0.904. The molecule has 0 aliphatic heterocycles. The summed E-state index contributed by atoms with van der Waals surface area (Å²) in [5, 5.41) is 0. The highest BCUT2D eigenvalue weighted by Crippen LogP contribution is 2.43. The molecule has 64 valence electrons. The van der Waals surface area contributed by atoms with E-state index in [0.717, 1.165) is 5.92 Å². The van der Waals surface area contributed by atoms with Gasteiger partial charge >= 0.3 is 0 Å². The molecular weight excluding hydrogens is 144 g/mol. The molecule has 0 bridgehead atoms. The van der Waals surface area contributed by atoms with Crippen LogP contribution in [0.1, 0.15) is 42.4 Å². The van der Waals surface area contributed by atoms with Gasteiger partial charge in [-0.2, -0.15) is 0 Å². The van der Waals surface area contributed by atoms with Crippen molar-refractivity contribution in [3.63, 3.8) is 0 Å². The molecule has 0 unspecified atom stereocenters. The SMILES string of the molecule is CCc1cccc(C)c1C1CC1. The highest BCUT2D eigenvalue weighted by Gasteiger charge is 2.26. The van der Waals surface area contributed by atoms with Gasteiger partial charge in [-0.05, 0) is 48.8 Å². The van der Waals surface area contributed by atoms with E-state index in [4.69, 9.17) is 0 Å². The molecule has 1 fully saturated rings. The third-order valence-corrected chi connectivity index (χ3v) is 2.78. The van der Waals surface area contributed by atoms with Crippen LogP contribution in [0.4, 0.5) is 0 Å². The van der Waals surface area contributed by atoms with E-state index in [1.807, 2.05) is 0 Å². The smallest absolute Gasteiger partial charge is 0.0156 e. The van der Waals surface area contributed by atoms with Gasteiger partial charge in [-0.25, -0.2) is 0 Å². The quantitative estimate of drug-likeness (QED) is 0.621. The summed E-state index contributed by atoms with van der Waals surface area (Å²) in [6, 6.07) is 6.70. The molecule has 1 aliphatic rings. The third-order valence-electron chi connectivity index (χ3n) is 2.78. The monoisotopic (exact) mass is 160 g/mol. The normalized spacial score (nSPS) is 16.5. The Labute approximate surface area is 74.6 Å². The van der Waals surface area contributed by atoms with Gasteiger partial charge in [-0.1, -0.05) is 25.1 Å². The Bertz CT molecular complexity index is 282. The summed E-state index contributed by atoms with van der Waals surface area (Å²) in [7, 11) is 0. The molecule has 0 saturated heterocycles. The molecule has 0 nitrogen and oxygen atoms in total. The van der Waals surface area contributed by atoms with Crippen molar-refractivity contribution in [3.8, 4) is 0 Å². The van der Waals surface area contributed by atoms with Crippen LogP contribution in [0, 0.1) is 6.92 Å². The van der Waals surface area contributed by atoms with E-state index in [1.54, 1.807) is 11.1 Å². The van der Waals surface area contributed by atoms with Crippen LogP contribution in [-0.4, -0.2) is 0 Å². The lowest BCUT2D eigenvalue weighted by atomic mass is 9.96. The molecule has 2 rings (SSSR count). The molecule has 1 aromatic rings. The maximum Gasteiger partial charge on any atom is -0.0156 e. The van der Waals surface area contributed by atoms with E-state index in [0.29, 0.717) is 0 Å². The fourth-order valence-electron chi connectivity index (χ4n) is 2.01. The van der Waals surface area contributed by atoms with Gasteiger partial charge in [0.05, 0.1) is 0 Å². The van der Waals surface area contributed by atoms with Crippen LogP contribution < -0.4 is 0 Å². The van der Waals surface area contributed by atoms with Crippen molar-refractivity contribution in [1.29, 1.82) is 0 Å². The summed E-state index contributed by atoms with van der Waals surface area (Å²) in [5.41, 5.74) is 4.72. The van der Waals surface area contributed by atoms with E-state index < -0.39 is 0 Å².